The number of nitrogens with two attached hydrogens (primary N) is 1. The van der Waals surface area contributed by atoms with Gasteiger partial charge in [0.1, 0.15) is 11.4 Å². The highest BCUT2D eigenvalue weighted by Crippen LogP contribution is 2.29. The Hall–Kier alpha value is -1.06. The molecule has 2 N–H and O–H groups in total. The highest BCUT2D eigenvalue weighted by Gasteiger charge is 2.31. The molecule has 0 bridgehead atoms. The number of benzene rings is 1. The molecule has 1 heterocycles. The predicted octanol–water partition coefficient (Wildman–Crippen LogP) is 2.05. The van der Waals surface area contributed by atoms with Crippen LogP contribution in [0.2, 0.25) is 0 Å². The standard InChI is InChI=1S/C15H24N2O/c1-15(9-5-11-17(2)12-15)18-14-7-4-3-6-13(14)8-10-16/h3-4,6-7H,5,8-12,16H2,1-2H3. The Balaban J connectivity index is 2.12. The number of nitrogens with zero attached hydrogens (tertiary/aromatic N) is 1. The molecule has 1 aromatic rings. The third-order valence-corrected chi connectivity index (χ3v) is 3.59. The molecular formula is C15H24N2O. The van der Waals surface area contributed by atoms with Gasteiger partial charge in [0.25, 0.3) is 0 Å². The zero-order chi connectivity index (χ0) is 13.0. The SMILES string of the molecule is CN1CCCC(C)(Oc2ccccc2CCN)C1. The maximum atomic E-state index is 6.30. The number of piperidine rings is 1. The fourth-order valence-corrected chi connectivity index (χ4v) is 2.77. The van der Waals surface area contributed by atoms with Crippen molar-refractivity contribution < 1.29 is 4.74 Å². The van der Waals surface area contributed by atoms with Gasteiger partial charge in [0.05, 0.1) is 0 Å². The molecule has 3 heteroatoms. The monoisotopic (exact) mass is 248 g/mol. The van der Waals surface area contributed by atoms with Crippen LogP contribution < -0.4 is 10.5 Å². The molecule has 1 unspecified atom stereocenters. The molecule has 1 fully saturated rings. The molecule has 18 heavy (non-hydrogen) atoms. The van der Waals surface area contributed by atoms with Crippen molar-refractivity contribution in [3.05, 3.63) is 29.8 Å². The van der Waals surface area contributed by atoms with Gasteiger partial charge in [-0.05, 0) is 58.0 Å². The fourth-order valence-electron chi connectivity index (χ4n) is 2.77. The summed E-state index contributed by atoms with van der Waals surface area (Å²) in [7, 11) is 2.16. The minimum Gasteiger partial charge on any atom is -0.486 e. The Morgan fingerprint density at radius 3 is 2.89 bits per heavy atom. The number of likely N-dealkylation sites (tertiary alicyclic amines) is 1. The van der Waals surface area contributed by atoms with Gasteiger partial charge in [-0.15, -0.1) is 0 Å². The molecule has 0 amide bonds. The quantitative estimate of drug-likeness (QED) is 0.886. The lowest BCUT2D eigenvalue weighted by Gasteiger charge is -2.39. The Morgan fingerprint density at radius 1 is 1.39 bits per heavy atom. The summed E-state index contributed by atoms with van der Waals surface area (Å²) in [5, 5.41) is 0. The number of rotatable bonds is 4. The minimum atomic E-state index is -0.0717. The van der Waals surface area contributed by atoms with E-state index < -0.39 is 0 Å². The molecule has 3 nitrogen and oxygen atoms in total. The zero-order valence-electron chi connectivity index (χ0n) is 11.5. The van der Waals surface area contributed by atoms with Crippen molar-refractivity contribution >= 4 is 0 Å². The van der Waals surface area contributed by atoms with Gasteiger partial charge in [0.2, 0.25) is 0 Å². The van der Waals surface area contributed by atoms with Crippen LogP contribution in [0.4, 0.5) is 0 Å². The highest BCUT2D eigenvalue weighted by molar-refractivity contribution is 5.34. The van der Waals surface area contributed by atoms with Crippen molar-refractivity contribution in [3.8, 4) is 5.75 Å². The third-order valence-electron chi connectivity index (χ3n) is 3.59. The van der Waals surface area contributed by atoms with Crippen LogP contribution in [0.25, 0.3) is 0 Å². The largest absolute Gasteiger partial charge is 0.486 e. The van der Waals surface area contributed by atoms with Gasteiger partial charge < -0.3 is 15.4 Å². The highest BCUT2D eigenvalue weighted by atomic mass is 16.5. The predicted molar refractivity (Wildman–Crippen MR) is 75.0 cm³/mol. The first-order valence-electron chi connectivity index (χ1n) is 6.78. The molecule has 2 rings (SSSR count). The van der Waals surface area contributed by atoms with Crippen molar-refractivity contribution in [2.24, 2.45) is 5.73 Å². The summed E-state index contributed by atoms with van der Waals surface area (Å²) in [6.07, 6.45) is 3.20. The van der Waals surface area contributed by atoms with Crippen LogP contribution in [0.1, 0.15) is 25.3 Å². The molecule has 0 saturated carbocycles. The van der Waals surface area contributed by atoms with Crippen molar-refractivity contribution in [2.45, 2.75) is 31.8 Å². The van der Waals surface area contributed by atoms with Crippen molar-refractivity contribution in [3.63, 3.8) is 0 Å². The van der Waals surface area contributed by atoms with E-state index in [-0.39, 0.29) is 5.60 Å². The van der Waals surface area contributed by atoms with Gasteiger partial charge in [0.15, 0.2) is 0 Å². The van der Waals surface area contributed by atoms with Crippen LogP contribution in [0.3, 0.4) is 0 Å². The van der Waals surface area contributed by atoms with E-state index in [2.05, 4.69) is 31.0 Å². The van der Waals surface area contributed by atoms with Gasteiger partial charge in [-0.25, -0.2) is 0 Å². The molecule has 1 aliphatic rings. The van der Waals surface area contributed by atoms with E-state index in [4.69, 9.17) is 10.5 Å². The van der Waals surface area contributed by atoms with Crippen LogP contribution in [0, 0.1) is 0 Å². The number of para-hydroxylation sites is 1. The second-order valence-electron chi connectivity index (χ2n) is 5.54. The second kappa shape index (κ2) is 5.72. The van der Waals surface area contributed by atoms with Gasteiger partial charge in [-0.1, -0.05) is 18.2 Å². The normalized spacial score (nSPS) is 25.1. The second-order valence-corrected chi connectivity index (χ2v) is 5.54. The number of likely N-dealkylation sites (N-methyl/N-ethyl adjacent to an activating group) is 1. The summed E-state index contributed by atoms with van der Waals surface area (Å²) in [5.41, 5.74) is 6.80. The molecule has 1 saturated heterocycles. The maximum Gasteiger partial charge on any atom is 0.123 e. The first-order valence-corrected chi connectivity index (χ1v) is 6.78. The van der Waals surface area contributed by atoms with Crippen LogP contribution in [-0.4, -0.2) is 37.2 Å². The zero-order valence-corrected chi connectivity index (χ0v) is 11.5. The average molecular weight is 248 g/mol. The average Bonchev–Trinajstić information content (AvgIpc) is 2.31. The summed E-state index contributed by atoms with van der Waals surface area (Å²) >= 11 is 0. The number of ether oxygens (including phenoxy) is 1. The van der Waals surface area contributed by atoms with E-state index in [1.54, 1.807) is 0 Å². The fraction of sp³-hybridized carbons (Fsp3) is 0.600. The lowest BCUT2D eigenvalue weighted by molar-refractivity contribution is 0.0149. The Bertz CT molecular complexity index is 394. The van der Waals surface area contributed by atoms with Crippen molar-refractivity contribution in [2.75, 3.05) is 26.7 Å². The molecule has 0 aliphatic carbocycles. The maximum absolute atomic E-state index is 6.30. The lowest BCUT2D eigenvalue weighted by Crippen LogP contribution is -2.48. The smallest absolute Gasteiger partial charge is 0.123 e. The van der Waals surface area contributed by atoms with Crippen LogP contribution >= 0.6 is 0 Å². The first-order chi connectivity index (χ1) is 8.63. The topological polar surface area (TPSA) is 38.5 Å². The van der Waals surface area contributed by atoms with Gasteiger partial charge in [-0.3, -0.25) is 0 Å². The summed E-state index contributed by atoms with van der Waals surface area (Å²) in [5.74, 6) is 1.00. The minimum absolute atomic E-state index is 0.0717. The van der Waals surface area contributed by atoms with E-state index in [1.165, 1.54) is 18.5 Å². The number of hydrogen-bond donors (Lipinski definition) is 1. The van der Waals surface area contributed by atoms with E-state index in [1.807, 2.05) is 12.1 Å². The Kier molecular flexibility index (Phi) is 4.25. The van der Waals surface area contributed by atoms with Crippen LogP contribution in [0.5, 0.6) is 5.75 Å². The summed E-state index contributed by atoms with van der Waals surface area (Å²) in [6.45, 7) is 5.03. The van der Waals surface area contributed by atoms with Crippen LogP contribution in [-0.2, 0) is 6.42 Å². The summed E-state index contributed by atoms with van der Waals surface area (Å²) in [4.78, 5) is 2.34. The Morgan fingerprint density at radius 2 is 2.17 bits per heavy atom. The molecular weight excluding hydrogens is 224 g/mol. The first kappa shape index (κ1) is 13.4. The molecule has 1 aromatic carbocycles. The van der Waals surface area contributed by atoms with E-state index in [0.717, 1.165) is 25.1 Å². The molecule has 0 spiro atoms. The van der Waals surface area contributed by atoms with Gasteiger partial charge in [-0.2, -0.15) is 0 Å². The lowest BCUT2D eigenvalue weighted by atomic mass is 9.95. The molecule has 0 aromatic heterocycles. The summed E-state index contributed by atoms with van der Waals surface area (Å²) in [6, 6.07) is 8.25. The van der Waals surface area contributed by atoms with Gasteiger partial charge >= 0.3 is 0 Å². The molecule has 100 valence electrons. The Labute approximate surface area is 110 Å². The van der Waals surface area contributed by atoms with Crippen molar-refractivity contribution in [1.82, 2.24) is 4.90 Å². The molecule has 1 aliphatic heterocycles. The molecule has 0 radical (unpaired) electrons. The van der Waals surface area contributed by atoms with E-state index in [0.29, 0.717) is 6.54 Å². The number of hydrogen-bond acceptors (Lipinski definition) is 3. The van der Waals surface area contributed by atoms with Crippen molar-refractivity contribution in [1.29, 1.82) is 0 Å². The van der Waals surface area contributed by atoms with E-state index in [9.17, 15) is 0 Å². The third kappa shape index (κ3) is 3.24. The van der Waals surface area contributed by atoms with E-state index >= 15 is 0 Å². The van der Waals surface area contributed by atoms with Gasteiger partial charge in [0, 0.05) is 6.54 Å². The molecule has 1 atom stereocenters. The van der Waals surface area contributed by atoms with Crippen LogP contribution in [0.15, 0.2) is 24.3 Å². The summed E-state index contributed by atoms with van der Waals surface area (Å²) < 4.78 is 6.30.